The van der Waals surface area contributed by atoms with Crippen LogP contribution in [-0.4, -0.2) is 30.1 Å². The van der Waals surface area contributed by atoms with Gasteiger partial charge in [-0.1, -0.05) is 0 Å². The number of nitrogens with zero attached hydrogens (tertiary/aromatic N) is 1. The smallest absolute Gasteiger partial charge is 0.00966 e. The highest BCUT2D eigenvalue weighted by Gasteiger charge is 2.46. The molecule has 1 saturated heterocycles. The molecule has 2 nitrogen and oxygen atoms in total. The SMILES string of the molecule is NC1CCC(N2CC3CC3C2)CC1. The number of hydrogen-bond donors (Lipinski definition) is 1. The highest BCUT2D eigenvalue weighted by Crippen LogP contribution is 2.46. The van der Waals surface area contributed by atoms with Crippen molar-refractivity contribution in [2.45, 2.75) is 44.2 Å². The van der Waals surface area contributed by atoms with Crippen LogP contribution in [-0.2, 0) is 0 Å². The van der Waals surface area contributed by atoms with Crippen molar-refractivity contribution in [1.82, 2.24) is 4.90 Å². The Kier molecular flexibility index (Phi) is 1.88. The maximum absolute atomic E-state index is 5.91. The molecule has 0 aromatic heterocycles. The van der Waals surface area contributed by atoms with E-state index >= 15 is 0 Å². The van der Waals surface area contributed by atoms with Crippen LogP contribution in [0.1, 0.15) is 32.1 Å². The summed E-state index contributed by atoms with van der Waals surface area (Å²) in [6.07, 6.45) is 6.77. The zero-order chi connectivity index (χ0) is 8.84. The van der Waals surface area contributed by atoms with E-state index in [2.05, 4.69) is 4.90 Å². The van der Waals surface area contributed by atoms with Gasteiger partial charge in [0.1, 0.15) is 0 Å². The largest absolute Gasteiger partial charge is 0.328 e. The molecule has 2 aliphatic carbocycles. The van der Waals surface area contributed by atoms with Gasteiger partial charge in [0, 0.05) is 25.2 Å². The lowest BCUT2D eigenvalue weighted by Gasteiger charge is -2.34. The third-order valence-corrected chi connectivity index (χ3v) is 4.26. The Balaban J connectivity index is 1.54. The number of piperidine rings is 1. The van der Waals surface area contributed by atoms with Crippen molar-refractivity contribution < 1.29 is 0 Å². The Morgan fingerprint density at radius 2 is 1.54 bits per heavy atom. The standard InChI is InChI=1S/C11H20N2/c12-10-1-3-11(4-2-10)13-6-8-5-9(8)7-13/h8-11H,1-7,12H2. The zero-order valence-corrected chi connectivity index (χ0v) is 8.28. The van der Waals surface area contributed by atoms with Gasteiger partial charge in [-0.25, -0.2) is 0 Å². The van der Waals surface area contributed by atoms with E-state index in [4.69, 9.17) is 5.73 Å². The Bertz CT molecular complexity index is 186. The molecule has 3 rings (SSSR count). The van der Waals surface area contributed by atoms with Crippen LogP contribution in [0.5, 0.6) is 0 Å². The van der Waals surface area contributed by atoms with E-state index in [1.165, 1.54) is 45.2 Å². The summed E-state index contributed by atoms with van der Waals surface area (Å²) in [4.78, 5) is 2.74. The van der Waals surface area contributed by atoms with Crippen LogP contribution >= 0.6 is 0 Å². The van der Waals surface area contributed by atoms with E-state index in [-0.39, 0.29) is 0 Å². The maximum Gasteiger partial charge on any atom is 0.00966 e. The lowest BCUT2D eigenvalue weighted by atomic mass is 9.91. The first-order valence-electron chi connectivity index (χ1n) is 5.82. The second kappa shape index (κ2) is 2.96. The van der Waals surface area contributed by atoms with E-state index < -0.39 is 0 Å². The minimum absolute atomic E-state index is 0.508. The van der Waals surface area contributed by atoms with Crippen LogP contribution in [0.3, 0.4) is 0 Å². The van der Waals surface area contributed by atoms with Gasteiger partial charge >= 0.3 is 0 Å². The molecule has 0 aromatic rings. The second-order valence-corrected chi connectivity index (χ2v) is 5.28. The normalized spacial score (nSPS) is 50.5. The molecule has 1 heterocycles. The predicted molar refractivity (Wildman–Crippen MR) is 53.4 cm³/mol. The van der Waals surface area contributed by atoms with Crippen LogP contribution in [0.15, 0.2) is 0 Å². The number of likely N-dealkylation sites (tertiary alicyclic amines) is 1. The van der Waals surface area contributed by atoms with Crippen molar-refractivity contribution in [1.29, 1.82) is 0 Å². The van der Waals surface area contributed by atoms with Crippen LogP contribution < -0.4 is 5.73 Å². The summed E-state index contributed by atoms with van der Waals surface area (Å²) in [6, 6.07) is 1.40. The molecule has 0 spiro atoms. The van der Waals surface area contributed by atoms with Crippen molar-refractivity contribution in [3.05, 3.63) is 0 Å². The average Bonchev–Trinajstić information content (AvgIpc) is 2.75. The molecule has 2 saturated carbocycles. The number of hydrogen-bond acceptors (Lipinski definition) is 2. The van der Waals surface area contributed by atoms with E-state index in [0.29, 0.717) is 6.04 Å². The first-order valence-corrected chi connectivity index (χ1v) is 5.82. The molecule has 74 valence electrons. The van der Waals surface area contributed by atoms with Crippen molar-refractivity contribution in [3.8, 4) is 0 Å². The molecule has 0 bridgehead atoms. The number of nitrogens with two attached hydrogens (primary N) is 1. The van der Waals surface area contributed by atoms with E-state index in [9.17, 15) is 0 Å². The second-order valence-electron chi connectivity index (χ2n) is 5.28. The van der Waals surface area contributed by atoms with Crippen LogP contribution in [0.25, 0.3) is 0 Å². The van der Waals surface area contributed by atoms with Gasteiger partial charge in [0.15, 0.2) is 0 Å². The molecule has 3 fully saturated rings. The molecule has 0 amide bonds. The molecular formula is C11H20N2. The Labute approximate surface area is 80.5 Å². The lowest BCUT2D eigenvalue weighted by Crippen LogP contribution is -2.40. The minimum Gasteiger partial charge on any atom is -0.328 e. The molecule has 0 radical (unpaired) electrons. The summed E-state index contributed by atoms with van der Waals surface area (Å²) in [5.41, 5.74) is 5.91. The molecule has 2 N–H and O–H groups in total. The van der Waals surface area contributed by atoms with Gasteiger partial charge in [-0.3, -0.25) is 4.90 Å². The summed E-state index contributed by atoms with van der Waals surface area (Å²) < 4.78 is 0. The first kappa shape index (κ1) is 8.25. The fraction of sp³-hybridized carbons (Fsp3) is 1.00. The molecule has 2 unspecified atom stereocenters. The summed E-state index contributed by atoms with van der Waals surface area (Å²) in [7, 11) is 0. The third-order valence-electron chi connectivity index (χ3n) is 4.26. The van der Waals surface area contributed by atoms with Crippen LogP contribution in [0.4, 0.5) is 0 Å². The summed E-state index contributed by atoms with van der Waals surface area (Å²) in [5, 5.41) is 0. The fourth-order valence-electron chi connectivity index (χ4n) is 3.20. The quantitative estimate of drug-likeness (QED) is 0.657. The van der Waals surface area contributed by atoms with Crippen molar-refractivity contribution in [2.75, 3.05) is 13.1 Å². The van der Waals surface area contributed by atoms with Gasteiger partial charge in [-0.05, 0) is 43.9 Å². The van der Waals surface area contributed by atoms with Gasteiger partial charge in [0.05, 0.1) is 0 Å². The van der Waals surface area contributed by atoms with E-state index in [1.807, 2.05) is 0 Å². The molecular weight excluding hydrogens is 160 g/mol. The van der Waals surface area contributed by atoms with Crippen LogP contribution in [0.2, 0.25) is 0 Å². The van der Waals surface area contributed by atoms with Gasteiger partial charge < -0.3 is 5.73 Å². The molecule has 13 heavy (non-hydrogen) atoms. The van der Waals surface area contributed by atoms with Gasteiger partial charge in [0.2, 0.25) is 0 Å². The predicted octanol–water partition coefficient (Wildman–Crippen LogP) is 1.21. The number of fused-ring (bicyclic) bond motifs is 1. The van der Waals surface area contributed by atoms with Crippen molar-refractivity contribution in [2.24, 2.45) is 17.6 Å². The fourth-order valence-corrected chi connectivity index (χ4v) is 3.20. The Hall–Kier alpha value is -0.0800. The van der Waals surface area contributed by atoms with Crippen molar-refractivity contribution in [3.63, 3.8) is 0 Å². The lowest BCUT2D eigenvalue weighted by molar-refractivity contribution is 0.166. The van der Waals surface area contributed by atoms with Crippen LogP contribution in [0, 0.1) is 11.8 Å². The maximum atomic E-state index is 5.91. The highest BCUT2D eigenvalue weighted by molar-refractivity contribution is 4.99. The number of rotatable bonds is 1. The average molecular weight is 180 g/mol. The monoisotopic (exact) mass is 180 g/mol. The highest BCUT2D eigenvalue weighted by atomic mass is 15.2. The zero-order valence-electron chi connectivity index (χ0n) is 8.28. The van der Waals surface area contributed by atoms with Crippen molar-refractivity contribution >= 4 is 0 Å². The summed E-state index contributed by atoms with van der Waals surface area (Å²) in [6.45, 7) is 2.81. The van der Waals surface area contributed by atoms with Gasteiger partial charge in [-0.15, -0.1) is 0 Å². The van der Waals surface area contributed by atoms with E-state index in [0.717, 1.165) is 17.9 Å². The Morgan fingerprint density at radius 3 is 2.15 bits per heavy atom. The Morgan fingerprint density at radius 1 is 0.923 bits per heavy atom. The summed E-state index contributed by atoms with van der Waals surface area (Å²) >= 11 is 0. The summed E-state index contributed by atoms with van der Waals surface area (Å²) in [5.74, 6) is 2.19. The molecule has 3 aliphatic rings. The molecule has 2 heteroatoms. The van der Waals surface area contributed by atoms with Gasteiger partial charge in [0.25, 0.3) is 0 Å². The first-order chi connectivity index (χ1) is 6.33. The molecule has 2 atom stereocenters. The van der Waals surface area contributed by atoms with Gasteiger partial charge in [-0.2, -0.15) is 0 Å². The molecule has 0 aromatic carbocycles. The third kappa shape index (κ3) is 1.50. The molecule has 1 aliphatic heterocycles. The van der Waals surface area contributed by atoms with E-state index in [1.54, 1.807) is 0 Å². The topological polar surface area (TPSA) is 29.3 Å². The minimum atomic E-state index is 0.508.